The average molecular weight is 196 g/mol. The minimum atomic E-state index is -0.219. The fourth-order valence-electron chi connectivity index (χ4n) is 0.259. The molecule has 0 fully saturated rings. The predicted octanol–water partition coefficient (Wildman–Crippen LogP) is 1.92. The zero-order valence-corrected chi connectivity index (χ0v) is 9.98. The summed E-state index contributed by atoms with van der Waals surface area (Å²) < 4.78 is 0. The summed E-state index contributed by atoms with van der Waals surface area (Å²) in [5, 5.41) is 0. The van der Waals surface area contributed by atoms with Crippen LogP contribution in [-0.4, -0.2) is 12.2 Å². The van der Waals surface area contributed by atoms with Gasteiger partial charge in [-0.2, -0.15) is 0 Å². The standard InChI is InChI=1S/C7H14O2.Zn/c1-5-6-8-9-7(2,3)4;/h5H,1,6H2,2-4H3;. The number of hydrogen-bond acceptors (Lipinski definition) is 2. The van der Waals surface area contributed by atoms with Gasteiger partial charge in [0.15, 0.2) is 0 Å². The minimum Gasteiger partial charge on any atom is -0.232 e. The molecule has 2 nitrogen and oxygen atoms in total. The van der Waals surface area contributed by atoms with E-state index in [0.29, 0.717) is 6.61 Å². The molecule has 0 saturated carbocycles. The molecular formula is C7H14O2Zn. The second kappa shape index (κ2) is 6.02. The maximum absolute atomic E-state index is 4.90. The van der Waals surface area contributed by atoms with E-state index in [2.05, 4.69) is 6.58 Å². The van der Waals surface area contributed by atoms with Crippen molar-refractivity contribution in [3.05, 3.63) is 12.7 Å². The van der Waals surface area contributed by atoms with Gasteiger partial charge in [0, 0.05) is 19.5 Å². The monoisotopic (exact) mass is 194 g/mol. The van der Waals surface area contributed by atoms with Crippen molar-refractivity contribution in [2.75, 3.05) is 6.61 Å². The van der Waals surface area contributed by atoms with Crippen molar-refractivity contribution in [3.8, 4) is 0 Å². The average Bonchev–Trinajstić information content (AvgIpc) is 1.63. The number of rotatable bonds is 3. The van der Waals surface area contributed by atoms with Crippen LogP contribution < -0.4 is 0 Å². The van der Waals surface area contributed by atoms with E-state index >= 15 is 0 Å². The van der Waals surface area contributed by atoms with Crippen LogP contribution in [0.25, 0.3) is 0 Å². The van der Waals surface area contributed by atoms with Crippen LogP contribution in [0.1, 0.15) is 20.8 Å². The number of hydrogen-bond donors (Lipinski definition) is 0. The molecule has 0 spiro atoms. The van der Waals surface area contributed by atoms with Crippen molar-refractivity contribution >= 4 is 0 Å². The molecule has 0 rings (SSSR count). The molecule has 0 aromatic rings. The van der Waals surface area contributed by atoms with Gasteiger partial charge in [-0.3, -0.25) is 0 Å². The third-order valence-corrected chi connectivity index (χ3v) is 0.495. The Balaban J connectivity index is 0. The van der Waals surface area contributed by atoms with Crippen LogP contribution in [0.4, 0.5) is 0 Å². The first-order chi connectivity index (χ1) is 4.06. The minimum absolute atomic E-state index is 0. The molecule has 0 heterocycles. The normalized spacial score (nSPS) is 10.3. The first-order valence-corrected chi connectivity index (χ1v) is 2.98. The summed E-state index contributed by atoms with van der Waals surface area (Å²) in [5.41, 5.74) is -0.219. The molecule has 0 atom stereocenters. The Bertz CT molecular complexity index is 86.1. The topological polar surface area (TPSA) is 18.5 Å². The van der Waals surface area contributed by atoms with Gasteiger partial charge in [0.1, 0.15) is 6.61 Å². The SMILES string of the molecule is C=CCOOC(C)(C)C.[Zn]. The van der Waals surface area contributed by atoms with Crippen LogP contribution in [0.15, 0.2) is 12.7 Å². The van der Waals surface area contributed by atoms with E-state index in [1.54, 1.807) is 6.08 Å². The molecule has 0 saturated heterocycles. The fourth-order valence-corrected chi connectivity index (χ4v) is 0.259. The summed E-state index contributed by atoms with van der Waals surface area (Å²) in [6.45, 7) is 9.70. The molecule has 0 radical (unpaired) electrons. The molecular weight excluding hydrogens is 181 g/mol. The maximum Gasteiger partial charge on any atom is 0.100 e. The van der Waals surface area contributed by atoms with Crippen LogP contribution in [0.3, 0.4) is 0 Å². The summed E-state index contributed by atoms with van der Waals surface area (Å²) in [6, 6.07) is 0. The Morgan fingerprint density at radius 3 is 2.20 bits per heavy atom. The van der Waals surface area contributed by atoms with Crippen molar-refractivity contribution in [2.24, 2.45) is 0 Å². The molecule has 0 aromatic carbocycles. The Kier molecular flexibility index (Phi) is 7.78. The molecule has 0 aliphatic carbocycles. The van der Waals surface area contributed by atoms with Gasteiger partial charge >= 0.3 is 0 Å². The third kappa shape index (κ3) is 11.1. The Morgan fingerprint density at radius 2 is 1.90 bits per heavy atom. The van der Waals surface area contributed by atoms with E-state index in [9.17, 15) is 0 Å². The van der Waals surface area contributed by atoms with E-state index in [4.69, 9.17) is 9.78 Å². The zero-order valence-electron chi connectivity index (χ0n) is 7.02. The summed E-state index contributed by atoms with van der Waals surface area (Å²) in [5.74, 6) is 0. The van der Waals surface area contributed by atoms with Crippen LogP contribution >= 0.6 is 0 Å². The molecule has 56 valence electrons. The van der Waals surface area contributed by atoms with Gasteiger partial charge in [0.25, 0.3) is 0 Å². The van der Waals surface area contributed by atoms with Crippen LogP contribution in [0, 0.1) is 0 Å². The van der Waals surface area contributed by atoms with E-state index in [0.717, 1.165) is 0 Å². The van der Waals surface area contributed by atoms with Gasteiger partial charge in [-0.05, 0) is 20.8 Å². The second-order valence-corrected chi connectivity index (χ2v) is 2.77. The van der Waals surface area contributed by atoms with Crippen LogP contribution in [0.2, 0.25) is 0 Å². The van der Waals surface area contributed by atoms with Crippen molar-refractivity contribution in [3.63, 3.8) is 0 Å². The van der Waals surface area contributed by atoms with E-state index in [-0.39, 0.29) is 25.1 Å². The van der Waals surface area contributed by atoms with Crippen LogP contribution in [-0.2, 0) is 29.3 Å². The molecule has 0 unspecified atom stereocenters. The largest absolute Gasteiger partial charge is 0.232 e. The van der Waals surface area contributed by atoms with Crippen molar-refractivity contribution in [2.45, 2.75) is 26.4 Å². The van der Waals surface area contributed by atoms with Gasteiger partial charge < -0.3 is 0 Å². The molecule has 0 aromatic heterocycles. The summed E-state index contributed by atoms with van der Waals surface area (Å²) >= 11 is 0. The Morgan fingerprint density at radius 1 is 1.40 bits per heavy atom. The Labute approximate surface area is 75.3 Å². The van der Waals surface area contributed by atoms with Gasteiger partial charge in [-0.25, -0.2) is 9.78 Å². The second-order valence-electron chi connectivity index (χ2n) is 2.77. The fraction of sp³-hybridized carbons (Fsp3) is 0.714. The zero-order chi connectivity index (χ0) is 7.33. The molecule has 3 heteroatoms. The molecule has 0 aliphatic rings. The summed E-state index contributed by atoms with van der Waals surface area (Å²) in [7, 11) is 0. The van der Waals surface area contributed by atoms with E-state index in [1.165, 1.54) is 0 Å². The van der Waals surface area contributed by atoms with Crippen molar-refractivity contribution in [1.29, 1.82) is 0 Å². The smallest absolute Gasteiger partial charge is 0.100 e. The summed E-state index contributed by atoms with van der Waals surface area (Å²) in [6.07, 6.45) is 1.64. The van der Waals surface area contributed by atoms with Gasteiger partial charge in [0.05, 0.1) is 5.60 Å². The summed E-state index contributed by atoms with van der Waals surface area (Å²) in [4.78, 5) is 9.63. The van der Waals surface area contributed by atoms with Gasteiger partial charge in [-0.15, -0.1) is 6.58 Å². The first kappa shape index (κ1) is 12.9. The predicted molar refractivity (Wildman–Crippen MR) is 37.0 cm³/mol. The van der Waals surface area contributed by atoms with Gasteiger partial charge in [-0.1, -0.05) is 6.08 Å². The first-order valence-electron chi connectivity index (χ1n) is 2.98. The molecule has 0 N–H and O–H groups in total. The van der Waals surface area contributed by atoms with E-state index < -0.39 is 0 Å². The van der Waals surface area contributed by atoms with Crippen LogP contribution in [0.5, 0.6) is 0 Å². The molecule has 10 heavy (non-hydrogen) atoms. The van der Waals surface area contributed by atoms with E-state index in [1.807, 2.05) is 20.8 Å². The van der Waals surface area contributed by atoms with Crippen molar-refractivity contribution in [1.82, 2.24) is 0 Å². The van der Waals surface area contributed by atoms with Crippen molar-refractivity contribution < 1.29 is 29.3 Å². The maximum atomic E-state index is 4.90. The quantitative estimate of drug-likeness (QED) is 0.225. The third-order valence-electron chi connectivity index (χ3n) is 0.495. The molecule has 0 aliphatic heterocycles. The van der Waals surface area contributed by atoms with Gasteiger partial charge in [0.2, 0.25) is 0 Å². The Hall–Kier alpha value is 0.283. The molecule has 0 amide bonds. The molecule has 0 bridgehead atoms.